The van der Waals surface area contributed by atoms with Crippen LogP contribution >= 0.6 is 0 Å². The van der Waals surface area contributed by atoms with E-state index in [0.29, 0.717) is 16.9 Å². The van der Waals surface area contributed by atoms with Gasteiger partial charge in [-0.1, -0.05) is 12.1 Å². The molecule has 0 aliphatic rings. The van der Waals surface area contributed by atoms with E-state index in [2.05, 4.69) is 10.0 Å². The smallest absolute Gasteiger partial charge is 0.241 e. The second-order valence-electron chi connectivity index (χ2n) is 6.26. The van der Waals surface area contributed by atoms with Gasteiger partial charge in [-0.3, -0.25) is 4.79 Å². The van der Waals surface area contributed by atoms with Crippen molar-refractivity contribution in [2.75, 3.05) is 7.11 Å². The minimum Gasteiger partial charge on any atom is -0.496 e. The van der Waals surface area contributed by atoms with Crippen molar-refractivity contribution in [3.05, 3.63) is 59.4 Å². The van der Waals surface area contributed by atoms with Crippen LogP contribution in [0.3, 0.4) is 0 Å². The Labute approximate surface area is 158 Å². The molecule has 0 aromatic heterocycles. The number of amides is 1. The van der Waals surface area contributed by atoms with Gasteiger partial charge in [0.2, 0.25) is 15.9 Å². The molecule has 2 rings (SSSR count). The Hall–Kier alpha value is -2.45. The minimum atomic E-state index is -3.87. The first-order valence-corrected chi connectivity index (χ1v) is 9.85. The van der Waals surface area contributed by atoms with Crippen LogP contribution in [0.15, 0.2) is 47.4 Å². The molecule has 0 saturated heterocycles. The number of hydrogen-bond donors (Lipinski definition) is 2. The van der Waals surface area contributed by atoms with Crippen LogP contribution in [0.1, 0.15) is 31.0 Å². The molecule has 146 valence electrons. The van der Waals surface area contributed by atoms with Crippen molar-refractivity contribution in [1.82, 2.24) is 10.0 Å². The van der Waals surface area contributed by atoms with Gasteiger partial charge < -0.3 is 10.1 Å². The highest BCUT2D eigenvalue weighted by molar-refractivity contribution is 7.89. The lowest BCUT2D eigenvalue weighted by Crippen LogP contribution is -2.45. The number of hydrogen-bond acceptors (Lipinski definition) is 4. The largest absolute Gasteiger partial charge is 0.496 e. The van der Waals surface area contributed by atoms with E-state index in [-0.39, 0.29) is 10.7 Å². The molecule has 1 amide bonds. The number of carbonyl (C=O) groups is 1. The summed E-state index contributed by atoms with van der Waals surface area (Å²) in [5.74, 6) is -0.276. The molecule has 0 fully saturated rings. The van der Waals surface area contributed by atoms with Gasteiger partial charge in [-0.15, -0.1) is 0 Å². The van der Waals surface area contributed by atoms with Gasteiger partial charge in [0.05, 0.1) is 24.1 Å². The number of benzene rings is 2. The Bertz CT molecular complexity index is 914. The van der Waals surface area contributed by atoms with Gasteiger partial charge in [-0.25, -0.2) is 12.8 Å². The number of sulfonamides is 1. The highest BCUT2D eigenvalue weighted by Gasteiger charge is 2.23. The molecular weight excluding hydrogens is 371 g/mol. The molecule has 2 N–H and O–H groups in total. The molecule has 2 aromatic carbocycles. The highest BCUT2D eigenvalue weighted by Crippen LogP contribution is 2.21. The zero-order valence-electron chi connectivity index (χ0n) is 15.6. The maximum Gasteiger partial charge on any atom is 0.241 e. The van der Waals surface area contributed by atoms with Crippen LogP contribution in [0.4, 0.5) is 4.39 Å². The van der Waals surface area contributed by atoms with Crippen LogP contribution in [0, 0.1) is 12.7 Å². The van der Waals surface area contributed by atoms with E-state index in [1.54, 1.807) is 32.0 Å². The summed E-state index contributed by atoms with van der Waals surface area (Å²) in [5.41, 5.74) is 1.38. The molecule has 0 saturated carbocycles. The Morgan fingerprint density at radius 2 is 1.74 bits per heavy atom. The first kappa shape index (κ1) is 20.9. The van der Waals surface area contributed by atoms with Gasteiger partial charge in [0, 0.05) is 0 Å². The van der Waals surface area contributed by atoms with E-state index in [4.69, 9.17) is 4.74 Å². The second kappa shape index (κ2) is 8.49. The van der Waals surface area contributed by atoms with Crippen molar-refractivity contribution in [1.29, 1.82) is 0 Å². The lowest BCUT2D eigenvalue weighted by atomic mass is 10.1. The van der Waals surface area contributed by atoms with Gasteiger partial charge >= 0.3 is 0 Å². The molecule has 8 heteroatoms. The highest BCUT2D eigenvalue weighted by atomic mass is 32.2. The zero-order valence-corrected chi connectivity index (χ0v) is 16.4. The number of ether oxygens (including phenoxy) is 1. The summed E-state index contributed by atoms with van der Waals surface area (Å²) in [4.78, 5) is 12.4. The number of methoxy groups -OCH3 is 1. The molecule has 0 aliphatic heterocycles. The molecule has 2 atom stereocenters. The number of rotatable bonds is 7. The Balaban J connectivity index is 2.06. The van der Waals surface area contributed by atoms with Gasteiger partial charge in [0.15, 0.2) is 0 Å². The summed E-state index contributed by atoms with van der Waals surface area (Å²) in [7, 11) is -2.37. The topological polar surface area (TPSA) is 84.5 Å². The van der Waals surface area contributed by atoms with Gasteiger partial charge in [0.1, 0.15) is 11.6 Å². The van der Waals surface area contributed by atoms with Crippen LogP contribution in [0.2, 0.25) is 0 Å². The lowest BCUT2D eigenvalue weighted by molar-refractivity contribution is -0.123. The van der Waals surface area contributed by atoms with Crippen molar-refractivity contribution in [2.45, 2.75) is 37.8 Å². The molecule has 0 bridgehead atoms. The second-order valence-corrected chi connectivity index (χ2v) is 7.97. The van der Waals surface area contributed by atoms with E-state index in [1.165, 1.54) is 38.3 Å². The van der Waals surface area contributed by atoms with E-state index in [9.17, 15) is 17.6 Å². The third-order valence-corrected chi connectivity index (χ3v) is 5.67. The number of nitrogens with one attached hydrogen (secondary N) is 2. The summed E-state index contributed by atoms with van der Waals surface area (Å²) >= 11 is 0. The standard InChI is InChI=1S/C19H23FN2O4S/c1-12-11-17(9-10-18(12)26-4)27(24,25)22-14(3)19(23)21-13(2)15-5-7-16(20)8-6-15/h5-11,13-14,22H,1-4H3,(H,21,23)/t13-,14+/m1/s1. The van der Waals surface area contributed by atoms with Crippen LogP contribution in [-0.4, -0.2) is 27.5 Å². The average molecular weight is 394 g/mol. The molecule has 27 heavy (non-hydrogen) atoms. The summed E-state index contributed by atoms with van der Waals surface area (Å²) in [5, 5.41) is 2.71. The van der Waals surface area contributed by atoms with Crippen molar-refractivity contribution in [3.63, 3.8) is 0 Å². The zero-order chi connectivity index (χ0) is 20.2. The number of aryl methyl sites for hydroxylation is 1. The van der Waals surface area contributed by atoms with E-state index in [1.807, 2.05) is 0 Å². The van der Waals surface area contributed by atoms with Crippen molar-refractivity contribution < 1.29 is 22.3 Å². The SMILES string of the molecule is COc1ccc(S(=O)(=O)N[C@@H](C)C(=O)N[C@H](C)c2ccc(F)cc2)cc1C. The van der Waals surface area contributed by atoms with E-state index in [0.717, 1.165) is 0 Å². The first-order chi connectivity index (χ1) is 12.6. The summed E-state index contributed by atoms with van der Waals surface area (Å²) < 4.78 is 45.5. The van der Waals surface area contributed by atoms with Crippen LogP contribution in [-0.2, 0) is 14.8 Å². The fourth-order valence-corrected chi connectivity index (χ4v) is 3.83. The van der Waals surface area contributed by atoms with Crippen LogP contribution in [0.25, 0.3) is 0 Å². The van der Waals surface area contributed by atoms with Gasteiger partial charge in [0.25, 0.3) is 0 Å². The Morgan fingerprint density at radius 3 is 2.30 bits per heavy atom. The normalized spacial score (nSPS) is 13.7. The quantitative estimate of drug-likeness (QED) is 0.756. The van der Waals surface area contributed by atoms with Gasteiger partial charge in [-0.2, -0.15) is 4.72 Å². The van der Waals surface area contributed by atoms with Crippen molar-refractivity contribution >= 4 is 15.9 Å². The van der Waals surface area contributed by atoms with Gasteiger partial charge in [-0.05, 0) is 62.2 Å². The van der Waals surface area contributed by atoms with E-state index >= 15 is 0 Å². The predicted octanol–water partition coefficient (Wildman–Crippen LogP) is 2.69. The average Bonchev–Trinajstić information content (AvgIpc) is 2.61. The first-order valence-electron chi connectivity index (χ1n) is 8.37. The van der Waals surface area contributed by atoms with Crippen molar-refractivity contribution in [3.8, 4) is 5.75 Å². The maximum absolute atomic E-state index is 13.0. The minimum absolute atomic E-state index is 0.0482. The molecule has 2 aromatic rings. The molecular formula is C19H23FN2O4S. The maximum atomic E-state index is 13.0. The molecule has 0 heterocycles. The lowest BCUT2D eigenvalue weighted by Gasteiger charge is -2.19. The summed E-state index contributed by atoms with van der Waals surface area (Å²) in [6, 6.07) is 8.81. The summed E-state index contributed by atoms with van der Waals surface area (Å²) in [6.45, 7) is 4.93. The Morgan fingerprint density at radius 1 is 1.11 bits per heavy atom. The van der Waals surface area contributed by atoms with Crippen LogP contribution < -0.4 is 14.8 Å². The monoisotopic (exact) mass is 394 g/mol. The van der Waals surface area contributed by atoms with Crippen LogP contribution in [0.5, 0.6) is 5.75 Å². The molecule has 6 nitrogen and oxygen atoms in total. The Kier molecular flexibility index (Phi) is 6.56. The predicted molar refractivity (Wildman–Crippen MR) is 100 cm³/mol. The molecule has 0 spiro atoms. The molecule has 0 radical (unpaired) electrons. The van der Waals surface area contributed by atoms with Crippen molar-refractivity contribution in [2.24, 2.45) is 0 Å². The fourth-order valence-electron chi connectivity index (χ4n) is 2.55. The number of halogens is 1. The third kappa shape index (κ3) is 5.27. The summed E-state index contributed by atoms with van der Waals surface area (Å²) in [6.07, 6.45) is 0. The fraction of sp³-hybridized carbons (Fsp3) is 0.316. The number of carbonyl (C=O) groups excluding carboxylic acids is 1. The van der Waals surface area contributed by atoms with E-state index < -0.39 is 28.0 Å². The third-order valence-electron chi connectivity index (χ3n) is 4.13. The molecule has 0 unspecified atom stereocenters. The molecule has 0 aliphatic carbocycles.